The van der Waals surface area contributed by atoms with Crippen molar-refractivity contribution in [1.82, 2.24) is 0 Å². The number of ether oxygens (including phenoxy) is 1. The van der Waals surface area contributed by atoms with Crippen molar-refractivity contribution in [3.63, 3.8) is 0 Å². The first-order chi connectivity index (χ1) is 14.7. The molecule has 4 rings (SSSR count). The second-order valence-corrected chi connectivity index (χ2v) is 7.39. The normalized spacial score (nSPS) is 10.5. The summed E-state index contributed by atoms with van der Waals surface area (Å²) in [6.45, 7) is 1.33. The molecule has 0 saturated carbocycles. The molecule has 0 bridgehead atoms. The van der Waals surface area contributed by atoms with Crippen LogP contribution in [0.2, 0.25) is 0 Å². The number of nitrogen functional groups attached to an aromatic ring is 1. The maximum atomic E-state index is 5.92. The summed E-state index contributed by atoms with van der Waals surface area (Å²) >= 11 is 0. The lowest BCUT2D eigenvalue weighted by Crippen LogP contribution is -2.01. The predicted molar refractivity (Wildman–Crippen MR) is 125 cm³/mol. The molecule has 0 fully saturated rings. The van der Waals surface area contributed by atoms with Crippen molar-refractivity contribution in [3.8, 4) is 5.75 Å². The van der Waals surface area contributed by atoms with Crippen LogP contribution < -0.4 is 15.8 Å². The first kappa shape index (κ1) is 19.6. The molecule has 30 heavy (non-hydrogen) atoms. The minimum atomic E-state index is 0.568. The number of nitrogens with two attached hydrogens (primary N) is 1. The highest BCUT2D eigenvalue weighted by molar-refractivity contribution is 5.49. The quantitative estimate of drug-likeness (QED) is 0.358. The summed E-state index contributed by atoms with van der Waals surface area (Å²) < 4.78 is 5.92. The van der Waals surface area contributed by atoms with Crippen LogP contribution in [-0.2, 0) is 19.6 Å². The van der Waals surface area contributed by atoms with Crippen molar-refractivity contribution in [1.29, 1.82) is 0 Å². The molecule has 0 saturated heterocycles. The monoisotopic (exact) mass is 394 g/mol. The van der Waals surface area contributed by atoms with Crippen molar-refractivity contribution in [2.24, 2.45) is 0 Å². The van der Waals surface area contributed by atoms with Gasteiger partial charge in [0.05, 0.1) is 0 Å². The maximum absolute atomic E-state index is 5.92. The van der Waals surface area contributed by atoms with Crippen molar-refractivity contribution >= 4 is 11.4 Å². The molecule has 0 aromatic heterocycles. The fraction of sp³-hybridized carbons (Fsp3) is 0.111. The van der Waals surface area contributed by atoms with Crippen LogP contribution in [0.15, 0.2) is 103 Å². The van der Waals surface area contributed by atoms with E-state index in [2.05, 4.69) is 53.8 Å². The third-order valence-corrected chi connectivity index (χ3v) is 4.96. The van der Waals surface area contributed by atoms with Gasteiger partial charge in [-0.3, -0.25) is 0 Å². The van der Waals surface area contributed by atoms with Crippen molar-refractivity contribution in [2.45, 2.75) is 19.6 Å². The Labute approximate surface area is 178 Å². The van der Waals surface area contributed by atoms with E-state index in [1.54, 1.807) is 0 Å². The molecule has 0 amide bonds. The zero-order valence-corrected chi connectivity index (χ0v) is 16.9. The lowest BCUT2D eigenvalue weighted by Gasteiger charge is -2.11. The minimum Gasteiger partial charge on any atom is -0.489 e. The maximum Gasteiger partial charge on any atom is 0.121 e. The number of nitrogens with one attached hydrogen (secondary N) is 1. The Morgan fingerprint density at radius 3 is 2.17 bits per heavy atom. The van der Waals surface area contributed by atoms with Crippen LogP contribution in [0.4, 0.5) is 11.4 Å². The average Bonchev–Trinajstić information content (AvgIpc) is 2.78. The van der Waals surface area contributed by atoms with Crippen LogP contribution in [0.1, 0.15) is 22.3 Å². The molecule has 4 aromatic rings. The van der Waals surface area contributed by atoms with Gasteiger partial charge in [-0.1, -0.05) is 72.8 Å². The Kier molecular flexibility index (Phi) is 6.31. The highest BCUT2D eigenvalue weighted by Gasteiger charge is 2.01. The van der Waals surface area contributed by atoms with E-state index in [1.165, 1.54) is 16.7 Å². The molecular formula is C27H26N2O. The molecule has 0 aliphatic carbocycles. The molecule has 0 aliphatic rings. The molecule has 3 N–H and O–H groups in total. The molecule has 0 heterocycles. The number of anilines is 2. The molecule has 4 aromatic carbocycles. The van der Waals surface area contributed by atoms with Gasteiger partial charge in [-0.15, -0.1) is 0 Å². The third kappa shape index (κ3) is 5.65. The highest BCUT2D eigenvalue weighted by Crippen LogP contribution is 2.20. The SMILES string of the molecule is Nc1cccc(Cc2ccc(CNc3cccc(OCc4ccccc4)c3)cc2)c1. The van der Waals surface area contributed by atoms with Gasteiger partial charge in [0.15, 0.2) is 0 Å². The highest BCUT2D eigenvalue weighted by atomic mass is 16.5. The topological polar surface area (TPSA) is 47.3 Å². The minimum absolute atomic E-state index is 0.568. The Bertz CT molecular complexity index is 1080. The molecule has 0 radical (unpaired) electrons. The van der Waals surface area contributed by atoms with E-state index in [-0.39, 0.29) is 0 Å². The Morgan fingerprint density at radius 1 is 0.633 bits per heavy atom. The lowest BCUT2D eigenvalue weighted by atomic mass is 10.0. The Morgan fingerprint density at radius 2 is 1.37 bits per heavy atom. The summed E-state index contributed by atoms with van der Waals surface area (Å²) in [6, 6.07) is 35.1. The molecular weight excluding hydrogens is 368 g/mol. The summed E-state index contributed by atoms with van der Waals surface area (Å²) in [7, 11) is 0. The van der Waals surface area contributed by atoms with Crippen LogP contribution in [0, 0.1) is 0 Å². The van der Waals surface area contributed by atoms with E-state index in [0.717, 1.165) is 35.7 Å². The second kappa shape index (κ2) is 9.66. The Balaban J connectivity index is 1.31. The number of rotatable bonds is 8. The van der Waals surface area contributed by atoms with E-state index < -0.39 is 0 Å². The standard InChI is InChI=1S/C27H26N2O/c28-25-9-4-8-24(17-25)16-21-12-14-22(15-13-21)19-29-26-10-5-11-27(18-26)30-20-23-6-2-1-3-7-23/h1-15,17-18,29H,16,19-20,28H2. The largest absolute Gasteiger partial charge is 0.489 e. The lowest BCUT2D eigenvalue weighted by molar-refractivity contribution is 0.306. The van der Waals surface area contributed by atoms with Gasteiger partial charge < -0.3 is 15.8 Å². The zero-order valence-electron chi connectivity index (χ0n) is 16.9. The summed E-state index contributed by atoms with van der Waals surface area (Å²) in [6.07, 6.45) is 0.888. The second-order valence-electron chi connectivity index (χ2n) is 7.39. The molecule has 3 nitrogen and oxygen atoms in total. The van der Waals surface area contributed by atoms with Gasteiger partial charge in [0.2, 0.25) is 0 Å². The number of hydrogen-bond donors (Lipinski definition) is 2. The van der Waals surface area contributed by atoms with Crippen LogP contribution in [-0.4, -0.2) is 0 Å². The predicted octanol–water partition coefficient (Wildman–Crippen LogP) is 6.05. The number of hydrogen-bond acceptors (Lipinski definition) is 3. The van der Waals surface area contributed by atoms with E-state index in [4.69, 9.17) is 10.5 Å². The van der Waals surface area contributed by atoms with Gasteiger partial charge in [0, 0.05) is 24.0 Å². The van der Waals surface area contributed by atoms with Gasteiger partial charge in [-0.05, 0) is 52.9 Å². The zero-order chi connectivity index (χ0) is 20.6. The molecule has 3 heteroatoms. The first-order valence-corrected chi connectivity index (χ1v) is 10.2. The summed E-state index contributed by atoms with van der Waals surface area (Å²) in [5.41, 5.74) is 12.6. The van der Waals surface area contributed by atoms with Crippen LogP contribution in [0.25, 0.3) is 0 Å². The molecule has 0 unspecified atom stereocenters. The van der Waals surface area contributed by atoms with E-state index in [9.17, 15) is 0 Å². The third-order valence-electron chi connectivity index (χ3n) is 4.96. The molecule has 0 aliphatic heterocycles. The van der Waals surface area contributed by atoms with Crippen molar-refractivity contribution < 1.29 is 4.74 Å². The van der Waals surface area contributed by atoms with E-state index in [0.29, 0.717) is 6.61 Å². The fourth-order valence-electron chi connectivity index (χ4n) is 3.35. The molecule has 0 spiro atoms. The summed E-state index contributed by atoms with van der Waals surface area (Å²) in [5, 5.41) is 3.48. The summed E-state index contributed by atoms with van der Waals surface area (Å²) in [4.78, 5) is 0. The molecule has 0 atom stereocenters. The first-order valence-electron chi connectivity index (χ1n) is 10.2. The van der Waals surface area contributed by atoms with Crippen LogP contribution in [0.5, 0.6) is 5.75 Å². The van der Waals surface area contributed by atoms with Crippen molar-refractivity contribution in [3.05, 3.63) is 125 Å². The van der Waals surface area contributed by atoms with Gasteiger partial charge in [-0.2, -0.15) is 0 Å². The average molecular weight is 395 g/mol. The van der Waals surface area contributed by atoms with Gasteiger partial charge >= 0.3 is 0 Å². The van der Waals surface area contributed by atoms with E-state index >= 15 is 0 Å². The van der Waals surface area contributed by atoms with E-state index in [1.807, 2.05) is 54.6 Å². The summed E-state index contributed by atoms with van der Waals surface area (Å²) in [5.74, 6) is 0.862. The van der Waals surface area contributed by atoms with Gasteiger partial charge in [-0.25, -0.2) is 0 Å². The molecule has 150 valence electrons. The van der Waals surface area contributed by atoms with Crippen LogP contribution >= 0.6 is 0 Å². The van der Waals surface area contributed by atoms with Gasteiger partial charge in [0.1, 0.15) is 12.4 Å². The van der Waals surface area contributed by atoms with Crippen LogP contribution in [0.3, 0.4) is 0 Å². The fourth-order valence-corrected chi connectivity index (χ4v) is 3.35. The Hall–Kier alpha value is -3.72. The van der Waals surface area contributed by atoms with Crippen molar-refractivity contribution in [2.75, 3.05) is 11.1 Å². The van der Waals surface area contributed by atoms with Gasteiger partial charge in [0.25, 0.3) is 0 Å². The number of benzene rings is 4. The smallest absolute Gasteiger partial charge is 0.121 e.